The summed E-state index contributed by atoms with van der Waals surface area (Å²) in [5.41, 5.74) is 0.172. The third-order valence-electron chi connectivity index (χ3n) is 3.83. The topological polar surface area (TPSA) is 88.8 Å². The maximum absolute atomic E-state index is 14.1. The molecule has 0 aliphatic heterocycles. The normalized spacial score (nSPS) is 11.0. The molecule has 0 aliphatic carbocycles. The van der Waals surface area contributed by atoms with Crippen molar-refractivity contribution in [3.05, 3.63) is 57.3 Å². The number of non-ortho nitro benzene ring substituents is 1. The van der Waals surface area contributed by atoms with Crippen molar-refractivity contribution in [1.29, 1.82) is 0 Å². The number of carbonyl (C=O) groups is 1. The minimum Gasteiger partial charge on any atom is -0.453 e. The van der Waals surface area contributed by atoms with Gasteiger partial charge in [-0.3, -0.25) is 24.9 Å². The van der Waals surface area contributed by atoms with E-state index in [4.69, 9.17) is 4.74 Å². The first-order chi connectivity index (χ1) is 12.8. The molecule has 0 saturated carbocycles. The number of rotatable bonds is 5. The van der Waals surface area contributed by atoms with Gasteiger partial charge in [0.2, 0.25) is 0 Å². The average molecular weight is 390 g/mol. The molecular weight excluding hydrogens is 375 g/mol. The van der Waals surface area contributed by atoms with Crippen LogP contribution in [0.4, 0.5) is 10.1 Å². The largest absolute Gasteiger partial charge is 0.453 e. The van der Waals surface area contributed by atoms with Crippen LogP contribution in [0.3, 0.4) is 0 Å². The number of amides is 1. The number of nitro groups is 1. The second-order valence-electron chi connectivity index (χ2n) is 5.78. The Hall–Kier alpha value is -3.11. The maximum atomic E-state index is 14.1. The van der Waals surface area contributed by atoms with Crippen molar-refractivity contribution in [2.45, 2.75) is 0 Å². The maximum Gasteiger partial charge on any atom is 0.278 e. The monoisotopic (exact) mass is 390 g/mol. The van der Waals surface area contributed by atoms with Crippen LogP contribution in [0.2, 0.25) is 0 Å². The van der Waals surface area contributed by atoms with E-state index < -0.39 is 10.7 Å². The Morgan fingerprint density at radius 3 is 2.59 bits per heavy atom. The highest BCUT2D eigenvalue weighted by atomic mass is 32.1. The fraction of sp³-hybridized carbons (Fsp3) is 0.176. The number of fused-ring (bicyclic) bond motifs is 1. The zero-order valence-corrected chi connectivity index (χ0v) is 15.5. The van der Waals surface area contributed by atoms with Gasteiger partial charge in [0.15, 0.2) is 11.6 Å². The SMILES string of the molecule is CN(C)N(C)C(=O)c1cc2nccc(Oc3ccc([N+](=O)[O-])cc3F)c2s1. The van der Waals surface area contributed by atoms with Gasteiger partial charge in [0.05, 0.1) is 26.1 Å². The van der Waals surface area contributed by atoms with Crippen LogP contribution in [-0.4, -0.2) is 47.0 Å². The molecule has 2 aromatic heterocycles. The summed E-state index contributed by atoms with van der Waals surface area (Å²) in [6.45, 7) is 0. The predicted molar refractivity (Wildman–Crippen MR) is 98.5 cm³/mol. The third kappa shape index (κ3) is 3.71. The van der Waals surface area contributed by atoms with Crippen molar-refractivity contribution >= 4 is 33.1 Å². The number of pyridine rings is 1. The van der Waals surface area contributed by atoms with E-state index in [1.165, 1.54) is 28.6 Å². The van der Waals surface area contributed by atoms with Gasteiger partial charge in [0, 0.05) is 39.5 Å². The van der Waals surface area contributed by atoms with E-state index in [-0.39, 0.29) is 17.3 Å². The van der Waals surface area contributed by atoms with Gasteiger partial charge in [0.1, 0.15) is 5.75 Å². The molecule has 0 atom stereocenters. The van der Waals surface area contributed by atoms with E-state index in [0.29, 0.717) is 20.8 Å². The first-order valence-corrected chi connectivity index (χ1v) is 8.55. The summed E-state index contributed by atoms with van der Waals surface area (Å²) in [7, 11) is 5.13. The highest BCUT2D eigenvalue weighted by Gasteiger charge is 2.19. The number of hydrogen-bond acceptors (Lipinski definition) is 7. The highest BCUT2D eigenvalue weighted by Crippen LogP contribution is 2.36. The molecule has 0 fully saturated rings. The number of thiophene rings is 1. The molecule has 1 aromatic carbocycles. The minimum atomic E-state index is -0.852. The van der Waals surface area contributed by atoms with Crippen LogP contribution in [0.5, 0.6) is 11.5 Å². The Bertz CT molecular complexity index is 1040. The fourth-order valence-electron chi connectivity index (χ4n) is 2.25. The molecule has 27 heavy (non-hydrogen) atoms. The van der Waals surface area contributed by atoms with Crippen molar-refractivity contribution < 1.29 is 18.8 Å². The Balaban J connectivity index is 1.96. The van der Waals surface area contributed by atoms with Crippen LogP contribution in [0.1, 0.15) is 9.67 Å². The number of hydrazine groups is 1. The second-order valence-corrected chi connectivity index (χ2v) is 6.84. The Morgan fingerprint density at radius 2 is 1.96 bits per heavy atom. The van der Waals surface area contributed by atoms with E-state index in [0.717, 1.165) is 12.1 Å². The Kier molecular flexibility index (Phi) is 5.02. The predicted octanol–water partition coefficient (Wildman–Crippen LogP) is 3.68. The summed E-state index contributed by atoms with van der Waals surface area (Å²) in [6, 6.07) is 6.33. The molecule has 0 saturated heterocycles. The number of aromatic nitrogens is 1. The van der Waals surface area contributed by atoms with Gasteiger partial charge < -0.3 is 4.74 Å². The lowest BCUT2D eigenvalue weighted by atomic mass is 10.3. The highest BCUT2D eigenvalue weighted by molar-refractivity contribution is 7.21. The van der Waals surface area contributed by atoms with Crippen molar-refractivity contribution in [2.24, 2.45) is 0 Å². The van der Waals surface area contributed by atoms with Crippen LogP contribution < -0.4 is 4.74 Å². The summed E-state index contributed by atoms with van der Waals surface area (Å²) >= 11 is 1.17. The van der Waals surface area contributed by atoms with E-state index in [9.17, 15) is 19.3 Å². The van der Waals surface area contributed by atoms with Gasteiger partial charge in [-0.25, -0.2) is 9.40 Å². The van der Waals surface area contributed by atoms with Gasteiger partial charge >= 0.3 is 0 Å². The van der Waals surface area contributed by atoms with Gasteiger partial charge in [0.25, 0.3) is 11.6 Å². The Morgan fingerprint density at radius 1 is 1.22 bits per heavy atom. The molecule has 140 valence electrons. The van der Waals surface area contributed by atoms with Crippen molar-refractivity contribution in [3.8, 4) is 11.5 Å². The number of carbonyl (C=O) groups excluding carboxylic acids is 1. The van der Waals surface area contributed by atoms with Crippen molar-refractivity contribution in [3.63, 3.8) is 0 Å². The number of hydrogen-bond donors (Lipinski definition) is 0. The molecule has 0 spiro atoms. The molecule has 3 aromatic rings. The summed E-state index contributed by atoms with van der Waals surface area (Å²) < 4.78 is 20.3. The average Bonchev–Trinajstić information content (AvgIpc) is 3.07. The smallest absolute Gasteiger partial charge is 0.278 e. The zero-order chi connectivity index (χ0) is 19.7. The minimum absolute atomic E-state index is 0.153. The lowest BCUT2D eigenvalue weighted by Crippen LogP contribution is -2.38. The number of nitro benzene ring substituents is 1. The molecule has 0 unspecified atom stereocenters. The lowest BCUT2D eigenvalue weighted by molar-refractivity contribution is -0.385. The van der Waals surface area contributed by atoms with E-state index in [2.05, 4.69) is 4.98 Å². The number of nitrogens with zero attached hydrogens (tertiary/aromatic N) is 4. The van der Waals surface area contributed by atoms with E-state index in [1.807, 2.05) is 0 Å². The van der Waals surface area contributed by atoms with Gasteiger partial charge in [-0.2, -0.15) is 0 Å². The molecule has 0 bridgehead atoms. The summed E-state index contributed by atoms with van der Waals surface area (Å²) in [5.74, 6) is -0.908. The molecule has 0 N–H and O–H groups in total. The summed E-state index contributed by atoms with van der Waals surface area (Å²) in [6.07, 6.45) is 1.48. The van der Waals surface area contributed by atoms with Crippen LogP contribution in [-0.2, 0) is 0 Å². The standard InChI is InChI=1S/C17H15FN4O4S/c1-20(2)21(3)17(23)15-9-12-16(27-15)14(6-7-19-12)26-13-5-4-10(22(24)25)8-11(13)18/h4-9H,1-3H3. The first kappa shape index (κ1) is 18.7. The molecular formula is C17H15FN4O4S. The van der Waals surface area contributed by atoms with Gasteiger partial charge in [-0.1, -0.05) is 0 Å². The first-order valence-electron chi connectivity index (χ1n) is 7.73. The second kappa shape index (κ2) is 7.25. The zero-order valence-electron chi connectivity index (χ0n) is 14.7. The molecule has 1 amide bonds. The van der Waals surface area contributed by atoms with Crippen LogP contribution in [0.25, 0.3) is 10.2 Å². The van der Waals surface area contributed by atoms with Gasteiger partial charge in [-0.15, -0.1) is 11.3 Å². The fourth-order valence-corrected chi connectivity index (χ4v) is 3.28. The molecule has 2 heterocycles. The third-order valence-corrected chi connectivity index (χ3v) is 4.95. The molecule has 8 nitrogen and oxygen atoms in total. The summed E-state index contributed by atoms with van der Waals surface area (Å²) in [5, 5.41) is 13.8. The van der Waals surface area contributed by atoms with Crippen LogP contribution in [0, 0.1) is 15.9 Å². The van der Waals surface area contributed by atoms with E-state index >= 15 is 0 Å². The molecule has 10 heteroatoms. The summed E-state index contributed by atoms with van der Waals surface area (Å²) in [4.78, 5) is 27.2. The molecule has 0 aliphatic rings. The lowest BCUT2D eigenvalue weighted by Gasteiger charge is -2.23. The van der Waals surface area contributed by atoms with Crippen LogP contribution >= 0.6 is 11.3 Å². The van der Waals surface area contributed by atoms with Crippen molar-refractivity contribution in [2.75, 3.05) is 21.1 Å². The number of benzene rings is 1. The Labute approximate surface area is 157 Å². The van der Waals surface area contributed by atoms with Crippen LogP contribution in [0.15, 0.2) is 36.5 Å². The molecule has 0 radical (unpaired) electrons. The number of halogens is 1. The van der Waals surface area contributed by atoms with E-state index in [1.54, 1.807) is 38.3 Å². The quantitative estimate of drug-likeness (QED) is 0.488. The number of ether oxygens (including phenoxy) is 1. The molecule has 3 rings (SSSR count). The van der Waals surface area contributed by atoms with Crippen molar-refractivity contribution in [1.82, 2.24) is 15.0 Å². The van der Waals surface area contributed by atoms with Gasteiger partial charge in [-0.05, 0) is 12.1 Å².